The summed E-state index contributed by atoms with van der Waals surface area (Å²) >= 11 is 0. The fourth-order valence-corrected chi connectivity index (χ4v) is 3.35. The van der Waals surface area contributed by atoms with E-state index < -0.39 is 0 Å². The van der Waals surface area contributed by atoms with Crippen molar-refractivity contribution < 1.29 is 0 Å². The quantitative estimate of drug-likeness (QED) is 0.549. The van der Waals surface area contributed by atoms with Gasteiger partial charge in [-0.2, -0.15) is 0 Å². The van der Waals surface area contributed by atoms with Crippen molar-refractivity contribution in [2.45, 2.75) is 78.6 Å². The SMILES string of the molecule is CCCCC(CC)C(C)C1CCCCC1. The van der Waals surface area contributed by atoms with E-state index in [0.29, 0.717) is 0 Å². The van der Waals surface area contributed by atoms with Gasteiger partial charge in [0.15, 0.2) is 0 Å². The van der Waals surface area contributed by atoms with Crippen molar-refractivity contribution in [1.29, 1.82) is 0 Å². The van der Waals surface area contributed by atoms with Crippen molar-refractivity contribution in [3.8, 4) is 0 Å². The Morgan fingerprint density at radius 3 is 2.27 bits per heavy atom. The molecule has 1 fully saturated rings. The van der Waals surface area contributed by atoms with E-state index in [1.807, 2.05) is 0 Å². The molecule has 2 unspecified atom stereocenters. The molecule has 15 heavy (non-hydrogen) atoms. The second-order valence-corrected chi connectivity index (χ2v) is 5.57. The lowest BCUT2D eigenvalue weighted by Gasteiger charge is -2.33. The summed E-state index contributed by atoms with van der Waals surface area (Å²) in [6.45, 7) is 7.23. The maximum absolute atomic E-state index is 2.53. The Morgan fingerprint density at radius 1 is 1.07 bits per heavy atom. The highest BCUT2D eigenvalue weighted by atomic mass is 14.3. The third-order valence-corrected chi connectivity index (χ3v) is 4.59. The Morgan fingerprint density at radius 2 is 1.73 bits per heavy atom. The van der Waals surface area contributed by atoms with Crippen LogP contribution in [-0.2, 0) is 0 Å². The van der Waals surface area contributed by atoms with Gasteiger partial charge in [0.25, 0.3) is 0 Å². The Labute approximate surface area is 96.8 Å². The average molecular weight is 210 g/mol. The van der Waals surface area contributed by atoms with Crippen molar-refractivity contribution in [1.82, 2.24) is 0 Å². The summed E-state index contributed by atoms with van der Waals surface area (Å²) < 4.78 is 0. The molecule has 0 heteroatoms. The minimum absolute atomic E-state index is 0.988. The largest absolute Gasteiger partial charge is 0.0654 e. The van der Waals surface area contributed by atoms with Crippen LogP contribution in [0, 0.1) is 17.8 Å². The number of unbranched alkanes of at least 4 members (excludes halogenated alkanes) is 1. The molecule has 0 aliphatic heterocycles. The molecule has 90 valence electrons. The van der Waals surface area contributed by atoms with Gasteiger partial charge in [-0.25, -0.2) is 0 Å². The van der Waals surface area contributed by atoms with Crippen LogP contribution in [0.3, 0.4) is 0 Å². The predicted octanol–water partition coefficient (Wildman–Crippen LogP) is 5.42. The lowest BCUT2D eigenvalue weighted by Crippen LogP contribution is -2.22. The van der Waals surface area contributed by atoms with Crippen LogP contribution in [0.2, 0.25) is 0 Å². The first kappa shape index (κ1) is 13.1. The number of rotatable bonds is 6. The highest BCUT2D eigenvalue weighted by Crippen LogP contribution is 2.36. The van der Waals surface area contributed by atoms with E-state index in [9.17, 15) is 0 Å². The van der Waals surface area contributed by atoms with Crippen LogP contribution in [-0.4, -0.2) is 0 Å². The molecule has 0 aromatic rings. The number of hydrogen-bond acceptors (Lipinski definition) is 0. The summed E-state index contributed by atoms with van der Waals surface area (Å²) in [6.07, 6.45) is 13.2. The summed E-state index contributed by atoms with van der Waals surface area (Å²) in [7, 11) is 0. The molecule has 0 nitrogen and oxygen atoms in total. The minimum Gasteiger partial charge on any atom is -0.0654 e. The molecule has 0 heterocycles. The summed E-state index contributed by atoms with van der Waals surface area (Å²) in [6, 6.07) is 0. The molecule has 0 N–H and O–H groups in total. The van der Waals surface area contributed by atoms with Gasteiger partial charge in [0.2, 0.25) is 0 Å². The minimum atomic E-state index is 0.988. The summed E-state index contributed by atoms with van der Waals surface area (Å²) in [5.74, 6) is 3.05. The van der Waals surface area contributed by atoms with E-state index >= 15 is 0 Å². The second-order valence-electron chi connectivity index (χ2n) is 5.57. The molecule has 0 radical (unpaired) electrons. The van der Waals surface area contributed by atoms with Crippen LogP contribution in [0.15, 0.2) is 0 Å². The lowest BCUT2D eigenvalue weighted by atomic mass is 9.73. The monoisotopic (exact) mass is 210 g/mol. The molecular weight excluding hydrogens is 180 g/mol. The molecule has 0 aromatic carbocycles. The van der Waals surface area contributed by atoms with E-state index in [1.54, 1.807) is 0 Å². The molecular formula is C15H30. The van der Waals surface area contributed by atoms with E-state index in [-0.39, 0.29) is 0 Å². The van der Waals surface area contributed by atoms with E-state index in [4.69, 9.17) is 0 Å². The lowest BCUT2D eigenvalue weighted by molar-refractivity contribution is 0.179. The van der Waals surface area contributed by atoms with E-state index in [1.165, 1.54) is 57.8 Å². The molecule has 0 amide bonds. The zero-order chi connectivity index (χ0) is 11.1. The van der Waals surface area contributed by atoms with Gasteiger partial charge < -0.3 is 0 Å². The Balaban J connectivity index is 2.36. The Hall–Kier alpha value is 0. The van der Waals surface area contributed by atoms with Crippen LogP contribution in [0.5, 0.6) is 0 Å². The van der Waals surface area contributed by atoms with E-state index in [2.05, 4.69) is 20.8 Å². The summed E-state index contributed by atoms with van der Waals surface area (Å²) in [5.41, 5.74) is 0. The van der Waals surface area contributed by atoms with Crippen LogP contribution in [0.25, 0.3) is 0 Å². The standard InChI is InChI=1S/C15H30/c1-4-6-10-14(5-2)13(3)15-11-8-7-9-12-15/h13-15H,4-12H2,1-3H3. The Kier molecular flexibility index (Phi) is 6.36. The van der Waals surface area contributed by atoms with Gasteiger partial charge in [0, 0.05) is 0 Å². The first-order valence-electron chi connectivity index (χ1n) is 7.29. The van der Waals surface area contributed by atoms with Gasteiger partial charge in [-0.15, -0.1) is 0 Å². The third-order valence-electron chi connectivity index (χ3n) is 4.59. The van der Waals surface area contributed by atoms with Gasteiger partial charge in [-0.3, -0.25) is 0 Å². The van der Waals surface area contributed by atoms with E-state index in [0.717, 1.165) is 17.8 Å². The number of hydrogen-bond donors (Lipinski definition) is 0. The van der Waals surface area contributed by atoms with Gasteiger partial charge in [-0.1, -0.05) is 78.6 Å². The van der Waals surface area contributed by atoms with Crippen molar-refractivity contribution in [3.63, 3.8) is 0 Å². The maximum atomic E-state index is 2.53. The van der Waals surface area contributed by atoms with Crippen LogP contribution < -0.4 is 0 Å². The molecule has 0 saturated heterocycles. The normalized spacial score (nSPS) is 22.6. The van der Waals surface area contributed by atoms with Gasteiger partial charge >= 0.3 is 0 Å². The van der Waals surface area contributed by atoms with Crippen molar-refractivity contribution >= 4 is 0 Å². The highest BCUT2D eigenvalue weighted by Gasteiger charge is 2.25. The van der Waals surface area contributed by atoms with Crippen molar-refractivity contribution in [2.75, 3.05) is 0 Å². The molecule has 1 aliphatic carbocycles. The summed E-state index contributed by atoms with van der Waals surface area (Å²) in [4.78, 5) is 0. The fourth-order valence-electron chi connectivity index (χ4n) is 3.35. The smallest absolute Gasteiger partial charge is 0.0386 e. The van der Waals surface area contributed by atoms with Crippen LogP contribution in [0.4, 0.5) is 0 Å². The van der Waals surface area contributed by atoms with Crippen LogP contribution >= 0.6 is 0 Å². The molecule has 2 atom stereocenters. The van der Waals surface area contributed by atoms with Gasteiger partial charge in [0.1, 0.15) is 0 Å². The van der Waals surface area contributed by atoms with Crippen molar-refractivity contribution in [2.24, 2.45) is 17.8 Å². The summed E-state index contributed by atoms with van der Waals surface area (Å²) in [5, 5.41) is 0. The zero-order valence-corrected chi connectivity index (χ0v) is 11.1. The average Bonchev–Trinajstić information content (AvgIpc) is 2.31. The predicted molar refractivity (Wildman–Crippen MR) is 69.0 cm³/mol. The molecule has 0 aromatic heterocycles. The molecule has 1 aliphatic rings. The molecule has 1 rings (SSSR count). The Bertz CT molecular complexity index is 144. The first-order chi connectivity index (χ1) is 7.29. The molecule has 1 saturated carbocycles. The molecule has 0 spiro atoms. The van der Waals surface area contributed by atoms with Gasteiger partial charge in [-0.05, 0) is 17.8 Å². The highest BCUT2D eigenvalue weighted by molar-refractivity contribution is 4.76. The first-order valence-corrected chi connectivity index (χ1v) is 7.29. The molecule has 0 bridgehead atoms. The zero-order valence-electron chi connectivity index (χ0n) is 11.1. The van der Waals surface area contributed by atoms with Gasteiger partial charge in [0.05, 0.1) is 0 Å². The fraction of sp³-hybridized carbons (Fsp3) is 1.00. The van der Waals surface area contributed by atoms with Crippen molar-refractivity contribution in [3.05, 3.63) is 0 Å². The van der Waals surface area contributed by atoms with Crippen LogP contribution in [0.1, 0.15) is 78.6 Å². The third kappa shape index (κ3) is 4.17. The topological polar surface area (TPSA) is 0 Å². The second kappa shape index (κ2) is 7.30. The maximum Gasteiger partial charge on any atom is -0.0386 e.